The molecule has 0 saturated carbocycles. The molecule has 0 bridgehead atoms. The molecule has 1 unspecified atom stereocenters. The number of hydrogen-bond acceptors (Lipinski definition) is 4. The minimum atomic E-state index is -0.967. The van der Waals surface area contributed by atoms with Gasteiger partial charge in [-0.1, -0.05) is 0 Å². The summed E-state index contributed by atoms with van der Waals surface area (Å²) in [7, 11) is 1.74. The van der Waals surface area contributed by atoms with E-state index in [2.05, 4.69) is 15.7 Å². The largest absolute Gasteiger partial charge is 0.481 e. The first-order valence-corrected chi connectivity index (χ1v) is 5.89. The van der Waals surface area contributed by atoms with E-state index in [1.807, 2.05) is 0 Å². The number of ether oxygens (including phenoxy) is 1. The zero-order valence-corrected chi connectivity index (χ0v) is 10.9. The van der Waals surface area contributed by atoms with Crippen LogP contribution >= 0.6 is 0 Å². The number of carbonyl (C=O) groups is 2. The van der Waals surface area contributed by atoms with Crippen LogP contribution in [0.3, 0.4) is 0 Å². The summed E-state index contributed by atoms with van der Waals surface area (Å²) < 4.78 is 6.77. The summed E-state index contributed by atoms with van der Waals surface area (Å²) in [5.74, 6) is -0.545. The maximum atomic E-state index is 11.5. The summed E-state index contributed by atoms with van der Waals surface area (Å²) in [6, 6.07) is 1.20. The minimum Gasteiger partial charge on any atom is -0.481 e. The predicted molar refractivity (Wildman–Crippen MR) is 67.9 cm³/mol. The predicted octanol–water partition coefficient (Wildman–Crippen LogP) is 0.421. The zero-order valence-electron chi connectivity index (χ0n) is 10.9. The summed E-state index contributed by atoms with van der Waals surface area (Å²) in [6.07, 6.45) is 0.998. The van der Waals surface area contributed by atoms with Crippen LogP contribution in [0.2, 0.25) is 0 Å². The van der Waals surface area contributed by atoms with Crippen molar-refractivity contribution in [2.75, 3.05) is 18.5 Å². The lowest BCUT2D eigenvalue weighted by Crippen LogP contribution is -2.37. The first-order chi connectivity index (χ1) is 9.01. The molecule has 0 aliphatic heterocycles. The maximum absolute atomic E-state index is 11.5. The molecule has 3 N–H and O–H groups in total. The number of nitrogens with zero attached hydrogens (tertiary/aromatic N) is 2. The third-order valence-electron chi connectivity index (χ3n) is 2.25. The van der Waals surface area contributed by atoms with Gasteiger partial charge in [0, 0.05) is 32.5 Å². The van der Waals surface area contributed by atoms with E-state index in [1.54, 1.807) is 30.9 Å². The Kier molecular flexibility index (Phi) is 5.80. The number of carbonyl (C=O) groups excluding carboxylic acids is 1. The van der Waals surface area contributed by atoms with Crippen LogP contribution in [0.4, 0.5) is 10.6 Å². The van der Waals surface area contributed by atoms with E-state index in [0.29, 0.717) is 12.4 Å². The Hall–Kier alpha value is -2.09. The highest BCUT2D eigenvalue weighted by Crippen LogP contribution is 2.01. The average Bonchev–Trinajstić information content (AvgIpc) is 2.71. The van der Waals surface area contributed by atoms with Crippen LogP contribution in [0, 0.1) is 0 Å². The molecule has 8 nitrogen and oxygen atoms in total. The molecular weight excluding hydrogens is 252 g/mol. The first-order valence-electron chi connectivity index (χ1n) is 5.89. The van der Waals surface area contributed by atoms with Gasteiger partial charge in [-0.05, 0) is 6.92 Å². The minimum absolute atomic E-state index is 0.124. The van der Waals surface area contributed by atoms with Crippen molar-refractivity contribution in [3.05, 3.63) is 12.3 Å². The van der Waals surface area contributed by atoms with Crippen molar-refractivity contribution in [2.24, 2.45) is 7.05 Å². The van der Waals surface area contributed by atoms with E-state index >= 15 is 0 Å². The molecular formula is C11H18N4O4. The lowest BCUT2D eigenvalue weighted by Gasteiger charge is -2.15. The summed E-state index contributed by atoms with van der Waals surface area (Å²) in [5.41, 5.74) is 0. The molecule has 0 aliphatic rings. The van der Waals surface area contributed by atoms with Gasteiger partial charge in [0.15, 0.2) is 5.82 Å². The third-order valence-corrected chi connectivity index (χ3v) is 2.25. The van der Waals surface area contributed by atoms with Crippen molar-refractivity contribution in [3.63, 3.8) is 0 Å². The first kappa shape index (κ1) is 15.0. The molecule has 1 rings (SSSR count). The van der Waals surface area contributed by atoms with Crippen molar-refractivity contribution >= 4 is 17.8 Å². The molecule has 0 aliphatic carbocycles. The van der Waals surface area contributed by atoms with Crippen LogP contribution in [0.15, 0.2) is 12.3 Å². The van der Waals surface area contributed by atoms with Gasteiger partial charge in [-0.15, -0.1) is 0 Å². The van der Waals surface area contributed by atoms with Gasteiger partial charge in [-0.25, -0.2) is 4.79 Å². The van der Waals surface area contributed by atoms with Gasteiger partial charge in [-0.2, -0.15) is 5.10 Å². The van der Waals surface area contributed by atoms with Crippen LogP contribution in [-0.4, -0.2) is 46.1 Å². The fourth-order valence-corrected chi connectivity index (χ4v) is 1.47. The van der Waals surface area contributed by atoms with E-state index in [9.17, 15) is 9.59 Å². The molecule has 2 amide bonds. The van der Waals surface area contributed by atoms with Crippen molar-refractivity contribution in [2.45, 2.75) is 19.4 Å². The van der Waals surface area contributed by atoms with E-state index in [4.69, 9.17) is 9.84 Å². The van der Waals surface area contributed by atoms with Crippen LogP contribution in [0.1, 0.15) is 13.3 Å². The molecule has 106 valence electrons. The second-order valence-corrected chi connectivity index (χ2v) is 3.88. The molecule has 0 radical (unpaired) electrons. The SMILES string of the molecule is CCOC(CNC(=O)Nc1ccn(C)n1)CC(=O)O. The molecule has 1 heterocycles. The summed E-state index contributed by atoms with van der Waals surface area (Å²) >= 11 is 0. The zero-order chi connectivity index (χ0) is 14.3. The standard InChI is InChI=1S/C11H18N4O4/c1-3-19-8(6-10(16)17)7-12-11(18)13-9-4-5-15(2)14-9/h4-5,8H,3,6-7H2,1-2H3,(H,16,17)(H2,12,13,14,18). The van der Waals surface area contributed by atoms with Crippen molar-refractivity contribution < 1.29 is 19.4 Å². The number of nitrogens with one attached hydrogen (secondary N) is 2. The molecule has 1 aromatic rings. The molecule has 1 aromatic heterocycles. The number of amides is 2. The lowest BCUT2D eigenvalue weighted by molar-refractivity contribution is -0.140. The Morgan fingerprint density at radius 2 is 2.32 bits per heavy atom. The Bertz CT molecular complexity index is 432. The topological polar surface area (TPSA) is 105 Å². The Balaban J connectivity index is 2.36. The van der Waals surface area contributed by atoms with Gasteiger partial charge in [0.05, 0.1) is 12.5 Å². The Labute approximate surface area is 110 Å². The van der Waals surface area contributed by atoms with Gasteiger partial charge in [0.2, 0.25) is 0 Å². The smallest absolute Gasteiger partial charge is 0.320 e. The fourth-order valence-electron chi connectivity index (χ4n) is 1.47. The van der Waals surface area contributed by atoms with Crippen LogP contribution in [-0.2, 0) is 16.6 Å². The maximum Gasteiger partial charge on any atom is 0.320 e. The van der Waals surface area contributed by atoms with Gasteiger partial charge >= 0.3 is 12.0 Å². The average molecular weight is 270 g/mol. The highest BCUT2D eigenvalue weighted by molar-refractivity contribution is 5.88. The molecule has 19 heavy (non-hydrogen) atoms. The number of carboxylic acid groups (broad SMARTS) is 1. The fraction of sp³-hybridized carbons (Fsp3) is 0.545. The monoisotopic (exact) mass is 270 g/mol. The number of carboxylic acids is 1. The quantitative estimate of drug-likeness (QED) is 0.666. The number of hydrogen-bond donors (Lipinski definition) is 3. The summed E-state index contributed by atoms with van der Waals surface area (Å²) in [6.45, 7) is 2.28. The van der Waals surface area contributed by atoms with Crippen LogP contribution < -0.4 is 10.6 Å². The molecule has 0 spiro atoms. The number of urea groups is 1. The number of aryl methyl sites for hydroxylation is 1. The normalized spacial score (nSPS) is 11.9. The number of rotatable bonds is 7. The molecule has 8 heteroatoms. The highest BCUT2D eigenvalue weighted by Gasteiger charge is 2.14. The lowest BCUT2D eigenvalue weighted by atomic mass is 10.2. The number of aromatic nitrogens is 2. The molecule has 0 aromatic carbocycles. The van der Waals surface area contributed by atoms with Crippen molar-refractivity contribution in [1.29, 1.82) is 0 Å². The van der Waals surface area contributed by atoms with Crippen molar-refractivity contribution in [3.8, 4) is 0 Å². The summed E-state index contributed by atoms with van der Waals surface area (Å²) in [4.78, 5) is 22.1. The third kappa shape index (κ3) is 5.87. The van der Waals surface area contributed by atoms with E-state index in [0.717, 1.165) is 0 Å². The Morgan fingerprint density at radius 1 is 1.58 bits per heavy atom. The van der Waals surface area contributed by atoms with Gasteiger partial charge in [0.25, 0.3) is 0 Å². The molecule has 1 atom stereocenters. The van der Waals surface area contributed by atoms with Gasteiger partial charge < -0.3 is 15.2 Å². The van der Waals surface area contributed by atoms with E-state index in [-0.39, 0.29) is 13.0 Å². The van der Waals surface area contributed by atoms with Crippen LogP contribution in [0.5, 0.6) is 0 Å². The van der Waals surface area contributed by atoms with Crippen LogP contribution in [0.25, 0.3) is 0 Å². The summed E-state index contributed by atoms with van der Waals surface area (Å²) in [5, 5.41) is 17.7. The van der Waals surface area contributed by atoms with E-state index in [1.165, 1.54) is 0 Å². The van der Waals surface area contributed by atoms with E-state index < -0.39 is 18.1 Å². The second kappa shape index (κ2) is 7.37. The van der Waals surface area contributed by atoms with Gasteiger partial charge in [0.1, 0.15) is 0 Å². The number of anilines is 1. The molecule has 0 fully saturated rings. The second-order valence-electron chi connectivity index (χ2n) is 3.88. The molecule has 0 saturated heterocycles. The number of aliphatic carboxylic acids is 1. The van der Waals surface area contributed by atoms with Crippen molar-refractivity contribution in [1.82, 2.24) is 15.1 Å². The van der Waals surface area contributed by atoms with Gasteiger partial charge in [-0.3, -0.25) is 14.8 Å². The highest BCUT2D eigenvalue weighted by atomic mass is 16.5. The Morgan fingerprint density at radius 3 is 2.84 bits per heavy atom.